The van der Waals surface area contributed by atoms with Crippen LogP contribution in [0, 0.1) is 0 Å². The lowest BCUT2D eigenvalue weighted by molar-refractivity contribution is -0.121. The smallest absolute Gasteiger partial charge is 0.387 e. The van der Waals surface area contributed by atoms with E-state index in [9.17, 15) is 13.6 Å². The Kier molecular flexibility index (Phi) is 6.17. The van der Waals surface area contributed by atoms with Crippen molar-refractivity contribution >= 4 is 5.91 Å². The number of amides is 1. The molecule has 0 aliphatic heterocycles. The van der Waals surface area contributed by atoms with E-state index in [0.717, 1.165) is 0 Å². The predicted octanol–water partition coefficient (Wildman–Crippen LogP) is 1.65. The van der Waals surface area contributed by atoms with Crippen LogP contribution in [-0.4, -0.2) is 25.7 Å². The van der Waals surface area contributed by atoms with Gasteiger partial charge in [0.25, 0.3) is 0 Å². The summed E-state index contributed by atoms with van der Waals surface area (Å²) in [6.45, 7) is -1.01. The molecule has 5 nitrogen and oxygen atoms in total. The van der Waals surface area contributed by atoms with Gasteiger partial charge in [0, 0.05) is 19.0 Å². The van der Waals surface area contributed by atoms with Crippen LogP contribution in [0.1, 0.15) is 18.9 Å². The fourth-order valence-corrected chi connectivity index (χ4v) is 1.58. The molecule has 0 spiro atoms. The molecule has 20 heavy (non-hydrogen) atoms. The molecule has 0 aromatic heterocycles. The van der Waals surface area contributed by atoms with Gasteiger partial charge in [-0.1, -0.05) is 6.07 Å². The van der Waals surface area contributed by atoms with Crippen LogP contribution in [0.25, 0.3) is 0 Å². The number of carbonyl (C=O) groups excluding carboxylic acids is 1. The number of ether oxygens (including phenoxy) is 2. The Labute approximate surface area is 116 Å². The summed E-state index contributed by atoms with van der Waals surface area (Å²) >= 11 is 0. The first kappa shape index (κ1) is 16.2. The third-order valence-corrected chi connectivity index (χ3v) is 2.44. The van der Waals surface area contributed by atoms with Crippen molar-refractivity contribution in [3.05, 3.63) is 23.8 Å². The first-order valence-electron chi connectivity index (χ1n) is 6.06. The summed E-state index contributed by atoms with van der Waals surface area (Å²) in [5.41, 5.74) is 6.12. The van der Waals surface area contributed by atoms with Crippen molar-refractivity contribution in [3.8, 4) is 11.5 Å². The van der Waals surface area contributed by atoms with E-state index in [2.05, 4.69) is 10.1 Å². The van der Waals surface area contributed by atoms with Crippen LogP contribution in [0.15, 0.2) is 18.2 Å². The van der Waals surface area contributed by atoms with Crippen molar-refractivity contribution < 1.29 is 23.0 Å². The molecule has 0 heterocycles. The van der Waals surface area contributed by atoms with Crippen LogP contribution >= 0.6 is 0 Å². The topological polar surface area (TPSA) is 73.6 Å². The maximum Gasteiger partial charge on any atom is 0.387 e. The largest absolute Gasteiger partial charge is 0.493 e. The Bertz CT molecular complexity index is 453. The maximum absolute atomic E-state index is 12.3. The summed E-state index contributed by atoms with van der Waals surface area (Å²) in [4.78, 5) is 11.4. The Morgan fingerprint density at radius 3 is 2.65 bits per heavy atom. The molecule has 0 aliphatic carbocycles. The zero-order valence-corrected chi connectivity index (χ0v) is 11.4. The van der Waals surface area contributed by atoms with E-state index < -0.39 is 6.61 Å². The van der Waals surface area contributed by atoms with Crippen molar-refractivity contribution in [1.82, 2.24) is 5.32 Å². The Morgan fingerprint density at radius 1 is 1.40 bits per heavy atom. The summed E-state index contributed by atoms with van der Waals surface area (Å²) in [6.07, 6.45) is 0.205. The molecule has 1 rings (SSSR count). The van der Waals surface area contributed by atoms with Gasteiger partial charge in [0.2, 0.25) is 5.91 Å². The third kappa shape index (κ3) is 5.40. The number of nitrogens with one attached hydrogen (secondary N) is 1. The number of rotatable bonds is 7. The zero-order chi connectivity index (χ0) is 15.1. The number of alkyl halides is 2. The summed E-state index contributed by atoms with van der Waals surface area (Å²) < 4.78 is 33.8. The molecule has 1 aromatic rings. The minimum absolute atomic E-state index is 0.0681. The minimum Gasteiger partial charge on any atom is -0.493 e. The van der Waals surface area contributed by atoms with Crippen LogP contribution in [-0.2, 0) is 11.3 Å². The Hall–Kier alpha value is -1.89. The second kappa shape index (κ2) is 7.64. The highest BCUT2D eigenvalue weighted by Gasteiger charge is 2.12. The molecule has 112 valence electrons. The minimum atomic E-state index is -2.94. The van der Waals surface area contributed by atoms with Crippen molar-refractivity contribution in [2.45, 2.75) is 32.5 Å². The number of benzene rings is 1. The lowest BCUT2D eigenvalue weighted by Crippen LogP contribution is -2.29. The van der Waals surface area contributed by atoms with Crippen LogP contribution < -0.4 is 20.5 Å². The van der Waals surface area contributed by atoms with Crippen molar-refractivity contribution in [1.29, 1.82) is 0 Å². The summed E-state index contributed by atoms with van der Waals surface area (Å²) in [7, 11) is 1.36. The molecule has 1 amide bonds. The summed E-state index contributed by atoms with van der Waals surface area (Å²) in [5.74, 6) is -0.0652. The van der Waals surface area contributed by atoms with E-state index in [1.807, 2.05) is 0 Å². The number of nitrogens with two attached hydrogens (primary N) is 1. The molecule has 0 fully saturated rings. The van der Waals surface area contributed by atoms with Gasteiger partial charge in [-0.2, -0.15) is 8.78 Å². The van der Waals surface area contributed by atoms with Crippen LogP contribution in [0.5, 0.6) is 11.5 Å². The number of hydrogen-bond acceptors (Lipinski definition) is 4. The predicted molar refractivity (Wildman–Crippen MR) is 69.7 cm³/mol. The zero-order valence-electron chi connectivity index (χ0n) is 11.4. The van der Waals surface area contributed by atoms with E-state index >= 15 is 0 Å². The van der Waals surface area contributed by atoms with Gasteiger partial charge < -0.3 is 20.5 Å². The van der Waals surface area contributed by atoms with Crippen LogP contribution in [0.2, 0.25) is 0 Å². The Morgan fingerprint density at radius 2 is 2.10 bits per heavy atom. The lowest BCUT2D eigenvalue weighted by Gasteiger charge is -2.12. The van der Waals surface area contributed by atoms with Gasteiger partial charge in [-0.05, 0) is 24.6 Å². The fraction of sp³-hybridized carbons (Fsp3) is 0.462. The molecule has 1 aromatic carbocycles. The highest BCUT2D eigenvalue weighted by molar-refractivity contribution is 5.76. The second-order valence-corrected chi connectivity index (χ2v) is 4.32. The normalized spacial score (nSPS) is 12.1. The molecule has 0 radical (unpaired) electrons. The van der Waals surface area contributed by atoms with Crippen molar-refractivity contribution in [2.75, 3.05) is 7.11 Å². The molecule has 1 atom stereocenters. The molecular formula is C13H18F2N2O3. The van der Waals surface area contributed by atoms with E-state index in [1.54, 1.807) is 13.0 Å². The van der Waals surface area contributed by atoms with Crippen molar-refractivity contribution in [2.24, 2.45) is 5.73 Å². The standard InChI is InChI=1S/C13H18F2N2O3/c1-8(16)5-12(18)17-7-9-3-4-10(19-2)11(6-9)20-13(14)15/h3-4,6,8,13H,5,7,16H2,1-2H3,(H,17,18). The van der Waals surface area contributed by atoms with Gasteiger partial charge >= 0.3 is 6.61 Å². The van der Waals surface area contributed by atoms with Crippen LogP contribution in [0.4, 0.5) is 8.78 Å². The first-order chi connectivity index (χ1) is 9.42. The number of halogens is 2. The molecule has 1 unspecified atom stereocenters. The quantitative estimate of drug-likeness (QED) is 0.800. The Balaban J connectivity index is 2.69. The van der Waals surface area contributed by atoms with Crippen LogP contribution in [0.3, 0.4) is 0 Å². The van der Waals surface area contributed by atoms with Gasteiger partial charge in [0.1, 0.15) is 0 Å². The number of carbonyl (C=O) groups is 1. The number of hydrogen-bond donors (Lipinski definition) is 2. The average molecular weight is 288 g/mol. The summed E-state index contributed by atoms with van der Waals surface area (Å²) in [5, 5.41) is 2.65. The van der Waals surface area contributed by atoms with E-state index in [1.165, 1.54) is 19.2 Å². The highest BCUT2D eigenvalue weighted by Crippen LogP contribution is 2.29. The molecule has 7 heteroatoms. The lowest BCUT2D eigenvalue weighted by atomic mass is 10.2. The second-order valence-electron chi connectivity index (χ2n) is 4.32. The third-order valence-electron chi connectivity index (χ3n) is 2.44. The number of methoxy groups -OCH3 is 1. The highest BCUT2D eigenvalue weighted by atomic mass is 19.3. The average Bonchev–Trinajstić information content (AvgIpc) is 2.35. The van der Waals surface area contributed by atoms with E-state index in [4.69, 9.17) is 10.5 Å². The van der Waals surface area contributed by atoms with E-state index in [-0.39, 0.29) is 36.4 Å². The van der Waals surface area contributed by atoms with Gasteiger partial charge in [0.15, 0.2) is 11.5 Å². The van der Waals surface area contributed by atoms with Gasteiger partial charge in [-0.15, -0.1) is 0 Å². The van der Waals surface area contributed by atoms with Crippen molar-refractivity contribution in [3.63, 3.8) is 0 Å². The molecule has 0 saturated heterocycles. The SMILES string of the molecule is COc1ccc(CNC(=O)CC(C)N)cc1OC(F)F. The molecular weight excluding hydrogens is 270 g/mol. The molecule has 3 N–H and O–H groups in total. The molecule has 0 aliphatic rings. The van der Waals surface area contributed by atoms with Gasteiger partial charge in [0.05, 0.1) is 7.11 Å². The van der Waals surface area contributed by atoms with Gasteiger partial charge in [-0.3, -0.25) is 4.79 Å². The molecule has 0 saturated carbocycles. The fourth-order valence-electron chi connectivity index (χ4n) is 1.58. The molecule has 0 bridgehead atoms. The first-order valence-corrected chi connectivity index (χ1v) is 6.06. The van der Waals surface area contributed by atoms with Gasteiger partial charge in [-0.25, -0.2) is 0 Å². The monoisotopic (exact) mass is 288 g/mol. The maximum atomic E-state index is 12.3. The summed E-state index contributed by atoms with van der Waals surface area (Å²) in [6, 6.07) is 4.33. The van der Waals surface area contributed by atoms with E-state index in [0.29, 0.717) is 5.56 Å².